The number of imide groups is 1. The van der Waals surface area contributed by atoms with E-state index in [1.165, 1.54) is 0 Å². The molecule has 4 N–H and O–H groups in total. The fraction of sp³-hybridized carbons (Fsp3) is 0.438. The van der Waals surface area contributed by atoms with Crippen LogP contribution in [0.1, 0.15) is 32.1 Å². The first kappa shape index (κ1) is 18.1. The number of carbonyl (C=O) groups is 3. The van der Waals surface area contributed by atoms with Gasteiger partial charge in [-0.05, 0) is 25.0 Å². The third kappa shape index (κ3) is 3.31. The van der Waals surface area contributed by atoms with Crippen LogP contribution in [0.3, 0.4) is 0 Å². The maximum atomic E-state index is 12.5. The van der Waals surface area contributed by atoms with Crippen molar-refractivity contribution in [2.75, 3.05) is 17.6 Å². The molecule has 8 heteroatoms. The fourth-order valence-electron chi connectivity index (χ4n) is 3.23. The van der Waals surface area contributed by atoms with E-state index < -0.39 is 11.6 Å². The Morgan fingerprint density at radius 1 is 1.25 bits per heavy atom. The van der Waals surface area contributed by atoms with Gasteiger partial charge in [-0.1, -0.05) is 25.0 Å². The minimum atomic E-state index is -0.725. The number of nitrogens with one attached hydrogen (secondary N) is 2. The maximum absolute atomic E-state index is 12.5. The lowest BCUT2D eigenvalue weighted by Gasteiger charge is -2.19. The number of rotatable bonds is 4. The summed E-state index contributed by atoms with van der Waals surface area (Å²) in [7, 11) is 0. The smallest absolute Gasteiger partial charge is 0.325 e. The number of nitrogens with two attached hydrogens (primary N) is 1. The van der Waals surface area contributed by atoms with Crippen LogP contribution in [0.5, 0.6) is 0 Å². The first-order valence-corrected chi connectivity index (χ1v) is 7.80. The Bertz CT molecular complexity index is 658. The Kier molecular flexibility index (Phi) is 5.33. The highest BCUT2D eigenvalue weighted by Gasteiger charge is 2.52. The maximum Gasteiger partial charge on any atom is 0.325 e. The number of nitrogen functional groups attached to an aromatic ring is 1. The molecule has 0 aromatic heterocycles. The topological polar surface area (TPSA) is 105 Å². The average molecular weight is 353 g/mol. The van der Waals surface area contributed by atoms with Gasteiger partial charge in [-0.15, -0.1) is 12.4 Å². The lowest BCUT2D eigenvalue weighted by Crippen LogP contribution is -2.44. The highest BCUT2D eigenvalue weighted by molar-refractivity contribution is 6.07. The average Bonchev–Trinajstić information content (AvgIpc) is 3.07. The third-order valence-corrected chi connectivity index (χ3v) is 4.50. The van der Waals surface area contributed by atoms with Crippen molar-refractivity contribution in [3.63, 3.8) is 0 Å². The van der Waals surface area contributed by atoms with E-state index in [2.05, 4.69) is 10.6 Å². The molecule has 1 aromatic carbocycles. The third-order valence-electron chi connectivity index (χ3n) is 4.50. The molecule has 2 fully saturated rings. The summed E-state index contributed by atoms with van der Waals surface area (Å²) >= 11 is 0. The van der Waals surface area contributed by atoms with Gasteiger partial charge in [-0.2, -0.15) is 0 Å². The van der Waals surface area contributed by atoms with E-state index in [0.717, 1.165) is 17.7 Å². The number of para-hydroxylation sites is 2. The lowest BCUT2D eigenvalue weighted by atomic mass is 9.98. The van der Waals surface area contributed by atoms with E-state index >= 15 is 0 Å². The highest BCUT2D eigenvalue weighted by Crippen LogP contribution is 2.35. The summed E-state index contributed by atoms with van der Waals surface area (Å²) in [5.41, 5.74) is 6.04. The Hall–Kier alpha value is -2.28. The molecule has 0 unspecified atom stereocenters. The molecule has 0 atom stereocenters. The quantitative estimate of drug-likeness (QED) is 0.568. The molecule has 0 radical (unpaired) electrons. The second kappa shape index (κ2) is 7.09. The molecule has 1 aliphatic heterocycles. The summed E-state index contributed by atoms with van der Waals surface area (Å²) in [6.45, 7) is 0.0744. The van der Waals surface area contributed by atoms with Crippen molar-refractivity contribution in [2.45, 2.75) is 37.6 Å². The van der Waals surface area contributed by atoms with Crippen LogP contribution in [0.25, 0.3) is 0 Å². The zero-order valence-electron chi connectivity index (χ0n) is 13.2. The van der Waals surface area contributed by atoms with E-state index in [-0.39, 0.29) is 37.2 Å². The van der Waals surface area contributed by atoms with Crippen molar-refractivity contribution in [2.24, 2.45) is 0 Å². The predicted octanol–water partition coefficient (Wildman–Crippen LogP) is 1.88. The molecule has 1 spiro atoms. The van der Waals surface area contributed by atoms with Crippen LogP contribution in [0, 0.1) is 0 Å². The van der Waals surface area contributed by atoms with Gasteiger partial charge in [-0.25, -0.2) is 4.79 Å². The Morgan fingerprint density at radius 3 is 2.58 bits per heavy atom. The van der Waals surface area contributed by atoms with Gasteiger partial charge in [0, 0.05) is 13.0 Å². The van der Waals surface area contributed by atoms with Crippen molar-refractivity contribution in [1.82, 2.24) is 10.2 Å². The summed E-state index contributed by atoms with van der Waals surface area (Å²) in [6, 6.07) is 6.54. The molecular formula is C16H21ClN4O3. The van der Waals surface area contributed by atoms with Crippen molar-refractivity contribution >= 4 is 41.6 Å². The van der Waals surface area contributed by atoms with E-state index in [1.54, 1.807) is 24.3 Å². The molecule has 1 aromatic rings. The molecule has 1 saturated carbocycles. The molecule has 0 bridgehead atoms. The lowest BCUT2D eigenvalue weighted by molar-refractivity contribution is -0.131. The summed E-state index contributed by atoms with van der Waals surface area (Å²) in [4.78, 5) is 37.6. The number of anilines is 2. The molecule has 1 aliphatic carbocycles. The Balaban J connectivity index is 0.00000208. The van der Waals surface area contributed by atoms with Gasteiger partial charge in [0.15, 0.2) is 0 Å². The number of nitrogens with zero attached hydrogens (tertiary/aromatic N) is 1. The highest BCUT2D eigenvalue weighted by atomic mass is 35.5. The number of hydrogen-bond donors (Lipinski definition) is 3. The van der Waals surface area contributed by atoms with E-state index in [1.807, 2.05) is 0 Å². The van der Waals surface area contributed by atoms with Gasteiger partial charge in [0.1, 0.15) is 5.54 Å². The number of carbonyl (C=O) groups excluding carboxylic acids is 3. The van der Waals surface area contributed by atoms with Gasteiger partial charge < -0.3 is 16.4 Å². The molecule has 2 aliphatic rings. The molecule has 7 nitrogen and oxygen atoms in total. The zero-order valence-corrected chi connectivity index (χ0v) is 14.0. The normalized spacial score (nSPS) is 18.4. The van der Waals surface area contributed by atoms with Gasteiger partial charge in [-0.3, -0.25) is 14.5 Å². The number of urea groups is 1. The van der Waals surface area contributed by atoms with Crippen LogP contribution in [0.2, 0.25) is 0 Å². The minimum Gasteiger partial charge on any atom is -0.397 e. The van der Waals surface area contributed by atoms with E-state index in [9.17, 15) is 14.4 Å². The fourth-order valence-corrected chi connectivity index (χ4v) is 3.23. The number of amides is 4. The van der Waals surface area contributed by atoms with Crippen LogP contribution < -0.4 is 16.4 Å². The summed E-state index contributed by atoms with van der Waals surface area (Å²) in [6.07, 6.45) is 3.28. The van der Waals surface area contributed by atoms with E-state index in [4.69, 9.17) is 5.73 Å². The molecule has 130 valence electrons. The van der Waals surface area contributed by atoms with Crippen molar-refractivity contribution < 1.29 is 14.4 Å². The predicted molar refractivity (Wildman–Crippen MR) is 92.8 cm³/mol. The zero-order chi connectivity index (χ0) is 16.4. The second-order valence-corrected chi connectivity index (χ2v) is 6.06. The summed E-state index contributed by atoms with van der Waals surface area (Å²) in [5, 5.41) is 5.49. The Morgan fingerprint density at radius 2 is 1.92 bits per heavy atom. The van der Waals surface area contributed by atoms with Crippen LogP contribution >= 0.6 is 12.4 Å². The monoisotopic (exact) mass is 352 g/mol. The first-order chi connectivity index (χ1) is 11.0. The number of halogens is 1. The largest absolute Gasteiger partial charge is 0.397 e. The van der Waals surface area contributed by atoms with Gasteiger partial charge in [0.05, 0.1) is 11.4 Å². The van der Waals surface area contributed by atoms with Crippen molar-refractivity contribution in [3.05, 3.63) is 24.3 Å². The van der Waals surface area contributed by atoms with E-state index in [0.29, 0.717) is 24.2 Å². The second-order valence-electron chi connectivity index (χ2n) is 6.06. The molecule has 3 rings (SSSR count). The summed E-state index contributed by atoms with van der Waals surface area (Å²) < 4.78 is 0. The standard InChI is InChI=1S/C16H20N4O3.ClH/c17-11-5-1-2-6-12(11)18-13(21)7-10-20-14(22)16(19-15(20)23)8-3-4-9-16;/h1-2,5-6H,3-4,7-10,17H2,(H,18,21)(H,19,23);1H. The van der Waals surface area contributed by atoms with Crippen LogP contribution in [0.15, 0.2) is 24.3 Å². The molecule has 4 amide bonds. The van der Waals surface area contributed by atoms with Crippen molar-refractivity contribution in [1.29, 1.82) is 0 Å². The molecule has 24 heavy (non-hydrogen) atoms. The SMILES string of the molecule is Cl.Nc1ccccc1NC(=O)CCN1C(=O)NC2(CCCC2)C1=O. The van der Waals surface area contributed by atoms with Gasteiger partial charge in [0.25, 0.3) is 5.91 Å². The van der Waals surface area contributed by atoms with Crippen LogP contribution in [-0.4, -0.2) is 34.8 Å². The van der Waals surface area contributed by atoms with Crippen molar-refractivity contribution in [3.8, 4) is 0 Å². The molecule has 1 saturated heterocycles. The van der Waals surface area contributed by atoms with Crippen LogP contribution in [-0.2, 0) is 9.59 Å². The summed E-state index contributed by atoms with van der Waals surface area (Å²) in [5.74, 6) is -0.483. The molecular weight excluding hydrogens is 332 g/mol. The number of benzene rings is 1. The van der Waals surface area contributed by atoms with Gasteiger partial charge >= 0.3 is 6.03 Å². The van der Waals surface area contributed by atoms with Gasteiger partial charge in [0.2, 0.25) is 5.91 Å². The minimum absolute atomic E-state index is 0. The van der Waals surface area contributed by atoms with Crippen LogP contribution in [0.4, 0.5) is 16.2 Å². The molecule has 1 heterocycles. The first-order valence-electron chi connectivity index (χ1n) is 7.80. The number of hydrogen-bond acceptors (Lipinski definition) is 4. The Labute approximate surface area is 146 Å².